The molecule has 450 valence electrons. The summed E-state index contributed by atoms with van der Waals surface area (Å²) in [5.41, 5.74) is 0. The Kier molecular flexibility index (Phi) is 36.3. The van der Waals surface area contributed by atoms with Gasteiger partial charge < -0.3 is 61.9 Å². The second-order valence-corrected chi connectivity index (χ2v) is 21.0. The maximum atomic E-state index is 13.3. The van der Waals surface area contributed by atoms with Crippen molar-refractivity contribution in [3.05, 3.63) is 0 Å². The lowest BCUT2D eigenvalue weighted by molar-refractivity contribution is -0.363. The number of ether oxygens (including phenoxy) is 12. The lowest BCUT2D eigenvalue weighted by Gasteiger charge is -2.48. The number of hydrogen-bond donors (Lipinski definition) is 1. The summed E-state index contributed by atoms with van der Waals surface area (Å²) in [6.45, 7) is 10.8. The number of hydrogen-bond acceptors (Lipinski definition) is 21. The minimum atomic E-state index is -1.89. The van der Waals surface area contributed by atoms with E-state index >= 15 is 0 Å². The van der Waals surface area contributed by atoms with Crippen LogP contribution in [0.3, 0.4) is 0 Å². The molecule has 0 spiro atoms. The molecule has 0 aromatic heterocycles. The van der Waals surface area contributed by atoms with Crippen molar-refractivity contribution in [1.29, 1.82) is 0 Å². The van der Waals surface area contributed by atoms with Crippen molar-refractivity contribution < 1.29 is 100 Å². The summed E-state index contributed by atoms with van der Waals surface area (Å²) < 4.78 is 69.4. The van der Waals surface area contributed by atoms with E-state index in [1.54, 1.807) is 0 Å². The molecule has 1 N–H and O–H groups in total. The standard InChI is InChI=1S/C57H96O21/c1-10-11-12-13-14-15-16-17-20-23-26-29-32-48(65)68-34-45(64)35-70-56-54(74-43(8)62)53(78-57-55(75-44(9)63)52(73-42(7)61)50(71-40(5)59)46(77-57)36-67-39(4)58)51(72-41(6)60)47(76-56)37-69-49(66)33-30-27-24-21-18-19-22-25-28-31-38(2)3/h38,45-47,50-57,64H,10-37H2,1-9H3/t45?,46-,47-,50-,51-,52+,53+,54+,55+,56+,57-/m1/s1. The lowest BCUT2D eigenvalue weighted by Crippen LogP contribution is -2.67. The number of aliphatic hydroxyl groups excluding tert-OH is 1. The van der Waals surface area contributed by atoms with Crippen LogP contribution in [-0.4, -0.2) is 147 Å². The van der Waals surface area contributed by atoms with Gasteiger partial charge in [0, 0.05) is 54.4 Å². The summed E-state index contributed by atoms with van der Waals surface area (Å²) >= 11 is 0. The number of carbonyl (C=O) groups excluding carboxylic acids is 8. The van der Waals surface area contributed by atoms with E-state index in [-0.39, 0.29) is 12.8 Å². The van der Waals surface area contributed by atoms with E-state index in [4.69, 9.17) is 56.8 Å². The van der Waals surface area contributed by atoms with Gasteiger partial charge in [-0.25, -0.2) is 0 Å². The van der Waals surface area contributed by atoms with Gasteiger partial charge in [-0.1, -0.05) is 149 Å². The van der Waals surface area contributed by atoms with Crippen molar-refractivity contribution in [2.45, 2.75) is 284 Å². The number of aliphatic hydroxyl groups is 1. The second-order valence-electron chi connectivity index (χ2n) is 21.0. The summed E-state index contributed by atoms with van der Waals surface area (Å²) in [4.78, 5) is 102. The molecule has 0 aromatic carbocycles. The van der Waals surface area contributed by atoms with E-state index in [0.29, 0.717) is 18.8 Å². The fourth-order valence-electron chi connectivity index (χ4n) is 9.34. The highest BCUT2D eigenvalue weighted by molar-refractivity contribution is 5.70. The van der Waals surface area contributed by atoms with E-state index in [2.05, 4.69) is 20.8 Å². The molecular formula is C57H96O21. The minimum Gasteiger partial charge on any atom is -0.463 e. The molecule has 2 fully saturated rings. The van der Waals surface area contributed by atoms with Crippen LogP contribution in [0.2, 0.25) is 0 Å². The molecule has 2 rings (SSSR count). The van der Waals surface area contributed by atoms with E-state index < -0.39 is 142 Å². The van der Waals surface area contributed by atoms with E-state index in [9.17, 15) is 43.5 Å². The predicted molar refractivity (Wildman–Crippen MR) is 282 cm³/mol. The Morgan fingerprint density at radius 2 is 0.782 bits per heavy atom. The van der Waals surface area contributed by atoms with Crippen molar-refractivity contribution in [3.8, 4) is 0 Å². The van der Waals surface area contributed by atoms with Crippen molar-refractivity contribution in [3.63, 3.8) is 0 Å². The molecule has 2 aliphatic heterocycles. The average molecular weight is 1120 g/mol. The van der Waals surface area contributed by atoms with Gasteiger partial charge in [-0.2, -0.15) is 0 Å². The van der Waals surface area contributed by atoms with Crippen LogP contribution in [0.1, 0.15) is 216 Å². The quantitative estimate of drug-likeness (QED) is 0.0341. The molecule has 0 aromatic rings. The van der Waals surface area contributed by atoms with Gasteiger partial charge in [0.05, 0.1) is 6.61 Å². The molecule has 11 atom stereocenters. The Morgan fingerprint density at radius 3 is 1.23 bits per heavy atom. The monoisotopic (exact) mass is 1120 g/mol. The largest absolute Gasteiger partial charge is 0.463 e. The molecule has 2 heterocycles. The SMILES string of the molecule is CCCCCCCCCCCCCCC(=O)OCC(O)CO[C@H]1O[C@H](COC(=O)CCCCCCCCCCCC(C)C)[C@@H](OC(C)=O)[C@H](O[C@H]2O[C@H](COC(C)=O)[C@@H](OC(C)=O)[C@H](OC(C)=O)[C@@H]2OC(C)=O)[C@@H]1OC(C)=O. The molecule has 1 unspecified atom stereocenters. The third-order valence-corrected chi connectivity index (χ3v) is 13.1. The first-order chi connectivity index (χ1) is 37.2. The van der Waals surface area contributed by atoms with Gasteiger partial charge in [-0.15, -0.1) is 0 Å². The van der Waals surface area contributed by atoms with Crippen LogP contribution in [0.5, 0.6) is 0 Å². The molecule has 0 radical (unpaired) electrons. The van der Waals surface area contributed by atoms with Gasteiger partial charge in [0.2, 0.25) is 0 Å². The van der Waals surface area contributed by atoms with E-state index in [0.717, 1.165) is 92.9 Å². The van der Waals surface area contributed by atoms with Crippen LogP contribution in [0.4, 0.5) is 0 Å². The van der Waals surface area contributed by atoms with Crippen LogP contribution in [0, 0.1) is 5.92 Å². The summed E-state index contributed by atoms with van der Waals surface area (Å²) in [6.07, 6.45) is 6.18. The zero-order chi connectivity index (χ0) is 57.8. The number of carbonyl (C=O) groups is 8. The zero-order valence-corrected chi connectivity index (χ0v) is 48.3. The van der Waals surface area contributed by atoms with Crippen LogP contribution >= 0.6 is 0 Å². The molecular weight excluding hydrogens is 1020 g/mol. The molecule has 0 amide bonds. The Hall–Kier alpha value is -4.44. The topological polar surface area (TPSA) is 268 Å². The number of esters is 8. The van der Waals surface area contributed by atoms with Crippen LogP contribution in [-0.2, 0) is 95.2 Å². The first kappa shape index (κ1) is 69.7. The first-order valence-corrected chi connectivity index (χ1v) is 28.8. The molecule has 0 aliphatic carbocycles. The summed E-state index contributed by atoms with van der Waals surface area (Å²) in [5.74, 6) is -5.74. The Bertz CT molecular complexity index is 1760. The Labute approximate surface area is 463 Å². The van der Waals surface area contributed by atoms with Gasteiger partial charge in [-0.3, -0.25) is 38.4 Å². The molecule has 2 aliphatic rings. The maximum absolute atomic E-state index is 13.3. The highest BCUT2D eigenvalue weighted by Crippen LogP contribution is 2.36. The Morgan fingerprint density at radius 1 is 0.410 bits per heavy atom. The highest BCUT2D eigenvalue weighted by Gasteiger charge is 2.58. The van der Waals surface area contributed by atoms with Crippen molar-refractivity contribution in [2.75, 3.05) is 26.4 Å². The van der Waals surface area contributed by atoms with Gasteiger partial charge >= 0.3 is 47.8 Å². The molecule has 21 nitrogen and oxygen atoms in total. The van der Waals surface area contributed by atoms with Crippen molar-refractivity contribution in [1.82, 2.24) is 0 Å². The van der Waals surface area contributed by atoms with E-state index in [1.807, 2.05) is 0 Å². The van der Waals surface area contributed by atoms with Crippen molar-refractivity contribution >= 4 is 47.8 Å². The molecule has 0 bridgehead atoms. The maximum Gasteiger partial charge on any atom is 0.305 e. The van der Waals surface area contributed by atoms with Crippen LogP contribution in [0.15, 0.2) is 0 Å². The smallest absolute Gasteiger partial charge is 0.305 e. The predicted octanol–water partition coefficient (Wildman–Crippen LogP) is 8.55. The zero-order valence-electron chi connectivity index (χ0n) is 48.3. The molecule has 0 saturated carbocycles. The molecule has 21 heteroatoms. The van der Waals surface area contributed by atoms with Crippen molar-refractivity contribution in [2.24, 2.45) is 5.92 Å². The highest BCUT2D eigenvalue weighted by atomic mass is 16.8. The second kappa shape index (κ2) is 40.7. The first-order valence-electron chi connectivity index (χ1n) is 28.8. The fourth-order valence-corrected chi connectivity index (χ4v) is 9.34. The van der Waals surface area contributed by atoms with Gasteiger partial charge in [0.1, 0.15) is 44.2 Å². The van der Waals surface area contributed by atoms with E-state index in [1.165, 1.54) is 77.0 Å². The summed E-state index contributed by atoms with van der Waals surface area (Å²) in [7, 11) is 0. The number of rotatable bonds is 41. The number of unbranched alkanes of at least 4 members (excludes halogenated alkanes) is 19. The van der Waals surface area contributed by atoms with Crippen LogP contribution in [0.25, 0.3) is 0 Å². The fraction of sp³-hybridized carbons (Fsp3) is 0.860. The lowest BCUT2D eigenvalue weighted by atomic mass is 9.96. The molecule has 2 saturated heterocycles. The van der Waals surface area contributed by atoms with Crippen LogP contribution < -0.4 is 0 Å². The van der Waals surface area contributed by atoms with Gasteiger partial charge in [0.15, 0.2) is 43.1 Å². The summed E-state index contributed by atoms with van der Waals surface area (Å²) in [5, 5.41) is 11.0. The molecule has 78 heavy (non-hydrogen) atoms. The third kappa shape index (κ3) is 30.8. The minimum absolute atomic E-state index is 0.0606. The summed E-state index contributed by atoms with van der Waals surface area (Å²) in [6, 6.07) is 0. The average Bonchev–Trinajstić information content (AvgIpc) is 3.36. The van der Waals surface area contributed by atoms with Gasteiger partial charge in [-0.05, 0) is 18.8 Å². The Balaban J connectivity index is 2.36. The third-order valence-electron chi connectivity index (χ3n) is 13.1. The normalized spacial score (nSPS) is 23.4. The van der Waals surface area contributed by atoms with Gasteiger partial charge in [0.25, 0.3) is 0 Å².